The van der Waals surface area contributed by atoms with Gasteiger partial charge >= 0.3 is 0 Å². The first kappa shape index (κ1) is 13.1. The number of anilines is 1. The maximum Gasteiger partial charge on any atom is 0.180 e. The number of rotatable bonds is 2. The van der Waals surface area contributed by atoms with Gasteiger partial charge in [0.25, 0.3) is 0 Å². The number of nitrogen functional groups attached to an aromatic ring is 1. The average Bonchev–Trinajstić information content (AvgIpc) is 2.66. The van der Waals surface area contributed by atoms with Gasteiger partial charge in [-0.1, -0.05) is 34.1 Å². The van der Waals surface area contributed by atoms with Gasteiger partial charge in [-0.05, 0) is 18.1 Å². The van der Waals surface area contributed by atoms with Crippen LogP contribution in [0.4, 0.5) is 5.13 Å². The van der Waals surface area contributed by atoms with Gasteiger partial charge in [0.05, 0.1) is 5.69 Å². The molecule has 1 aliphatic heterocycles. The maximum atomic E-state index is 5.78. The minimum Gasteiger partial charge on any atom is -0.375 e. The molecule has 2 heterocycles. The van der Waals surface area contributed by atoms with Gasteiger partial charge in [-0.3, -0.25) is 4.90 Å². The lowest BCUT2D eigenvalue weighted by molar-refractivity contribution is 0.278. The summed E-state index contributed by atoms with van der Waals surface area (Å²) in [4.78, 5) is 8.29. The Morgan fingerprint density at radius 1 is 1.26 bits per heavy atom. The summed E-state index contributed by atoms with van der Waals surface area (Å²) in [5.41, 5.74) is 8.33. The van der Waals surface area contributed by atoms with E-state index in [-0.39, 0.29) is 0 Å². The van der Waals surface area contributed by atoms with Crippen molar-refractivity contribution in [1.29, 1.82) is 0 Å². The molecule has 5 heteroatoms. The third-order valence-electron chi connectivity index (χ3n) is 3.47. The van der Waals surface area contributed by atoms with Crippen molar-refractivity contribution in [2.45, 2.75) is 19.4 Å². The third-order valence-corrected chi connectivity index (χ3v) is 5.23. The van der Waals surface area contributed by atoms with Gasteiger partial charge < -0.3 is 5.73 Å². The summed E-state index contributed by atoms with van der Waals surface area (Å²) in [6.45, 7) is 3.12. The largest absolute Gasteiger partial charge is 0.375 e. The Labute approximate surface area is 125 Å². The molecule has 19 heavy (non-hydrogen) atoms. The highest BCUT2D eigenvalue weighted by Gasteiger charge is 2.18. The number of hydrogen-bond acceptors (Lipinski definition) is 4. The predicted molar refractivity (Wildman–Crippen MR) is 83.4 cm³/mol. The summed E-state index contributed by atoms with van der Waals surface area (Å²) < 4.78 is 1.19. The zero-order valence-electron chi connectivity index (χ0n) is 10.6. The second-order valence-corrected chi connectivity index (χ2v) is 6.76. The molecule has 0 fully saturated rings. The van der Waals surface area contributed by atoms with Crippen LogP contribution in [-0.2, 0) is 19.4 Å². The van der Waals surface area contributed by atoms with Crippen molar-refractivity contribution in [3.8, 4) is 0 Å². The highest BCUT2D eigenvalue weighted by Crippen LogP contribution is 2.25. The van der Waals surface area contributed by atoms with Crippen molar-refractivity contribution < 1.29 is 0 Å². The van der Waals surface area contributed by atoms with Crippen molar-refractivity contribution in [3.63, 3.8) is 0 Å². The van der Waals surface area contributed by atoms with E-state index in [9.17, 15) is 0 Å². The molecule has 0 amide bonds. The maximum absolute atomic E-state index is 5.78. The molecule has 3 rings (SSSR count). The first-order valence-corrected chi connectivity index (χ1v) is 8.03. The van der Waals surface area contributed by atoms with Gasteiger partial charge in [0, 0.05) is 35.4 Å². The summed E-state index contributed by atoms with van der Waals surface area (Å²) >= 11 is 5.27. The van der Waals surface area contributed by atoms with E-state index >= 15 is 0 Å². The molecule has 2 aromatic rings. The van der Waals surface area contributed by atoms with E-state index in [0.29, 0.717) is 5.13 Å². The van der Waals surface area contributed by atoms with Crippen molar-refractivity contribution in [1.82, 2.24) is 9.88 Å². The molecular formula is C14H16BrN3S. The van der Waals surface area contributed by atoms with E-state index in [0.717, 1.165) is 32.5 Å². The average molecular weight is 338 g/mol. The molecule has 0 unspecified atom stereocenters. The van der Waals surface area contributed by atoms with Crippen LogP contribution in [0.5, 0.6) is 0 Å². The fourth-order valence-corrected chi connectivity index (χ4v) is 3.73. The zero-order valence-corrected chi connectivity index (χ0v) is 13.0. The molecule has 0 bridgehead atoms. The Morgan fingerprint density at radius 2 is 2.05 bits per heavy atom. The number of thiazole rings is 1. The number of nitrogens with zero attached hydrogens (tertiary/aromatic N) is 2. The van der Waals surface area contributed by atoms with Crippen LogP contribution >= 0.6 is 27.3 Å². The predicted octanol–water partition coefficient (Wildman–Crippen LogP) is 3.09. The Kier molecular flexibility index (Phi) is 3.86. The van der Waals surface area contributed by atoms with Crippen molar-refractivity contribution in [2.75, 3.05) is 18.8 Å². The Morgan fingerprint density at radius 3 is 2.89 bits per heavy atom. The van der Waals surface area contributed by atoms with Gasteiger partial charge in [-0.2, -0.15) is 0 Å². The SMILES string of the molecule is Nc1nc2c(s1)CCN(Cc1ccccc1Br)CC2. The molecule has 1 aromatic carbocycles. The van der Waals surface area contributed by atoms with Crippen LogP contribution in [-0.4, -0.2) is 23.0 Å². The highest BCUT2D eigenvalue weighted by atomic mass is 79.9. The Bertz CT molecular complexity index is 556. The summed E-state index contributed by atoms with van der Waals surface area (Å²) in [5.74, 6) is 0. The van der Waals surface area contributed by atoms with E-state index in [2.05, 4.69) is 50.1 Å². The summed E-state index contributed by atoms with van der Waals surface area (Å²) in [5, 5.41) is 0.712. The van der Waals surface area contributed by atoms with Crippen LogP contribution in [0.1, 0.15) is 16.1 Å². The third kappa shape index (κ3) is 2.99. The number of aromatic nitrogens is 1. The van der Waals surface area contributed by atoms with Crippen LogP contribution in [0.15, 0.2) is 28.7 Å². The van der Waals surface area contributed by atoms with Gasteiger partial charge in [0.2, 0.25) is 0 Å². The van der Waals surface area contributed by atoms with Crippen LogP contribution < -0.4 is 5.73 Å². The Balaban J connectivity index is 1.69. The van der Waals surface area contributed by atoms with E-state index in [4.69, 9.17) is 5.73 Å². The fraction of sp³-hybridized carbons (Fsp3) is 0.357. The molecule has 0 spiro atoms. The molecule has 0 radical (unpaired) electrons. The molecule has 1 aliphatic rings. The molecule has 0 saturated heterocycles. The minimum absolute atomic E-state index is 0.712. The lowest BCUT2D eigenvalue weighted by atomic mass is 10.2. The summed E-state index contributed by atoms with van der Waals surface area (Å²) in [7, 11) is 0. The van der Waals surface area contributed by atoms with E-state index in [1.807, 2.05) is 0 Å². The number of benzene rings is 1. The van der Waals surface area contributed by atoms with Crippen LogP contribution in [0.2, 0.25) is 0 Å². The number of halogens is 1. The fourth-order valence-electron chi connectivity index (χ4n) is 2.46. The summed E-state index contributed by atoms with van der Waals surface area (Å²) in [6.07, 6.45) is 2.07. The normalized spacial score (nSPS) is 16.1. The first-order chi connectivity index (χ1) is 9.22. The van der Waals surface area contributed by atoms with Crippen molar-refractivity contribution >= 4 is 32.4 Å². The number of nitrogens with two attached hydrogens (primary N) is 1. The van der Waals surface area contributed by atoms with Gasteiger partial charge in [0.15, 0.2) is 5.13 Å². The minimum atomic E-state index is 0.712. The molecule has 2 N–H and O–H groups in total. The molecule has 100 valence electrons. The highest BCUT2D eigenvalue weighted by molar-refractivity contribution is 9.10. The van der Waals surface area contributed by atoms with Crippen LogP contribution in [0, 0.1) is 0 Å². The standard InChI is InChI=1S/C14H16BrN3S/c15-11-4-2-1-3-10(11)9-18-7-5-12-13(6-8-18)19-14(16)17-12/h1-4H,5-9H2,(H2,16,17). The molecule has 0 saturated carbocycles. The lowest BCUT2D eigenvalue weighted by Gasteiger charge is -2.20. The second kappa shape index (κ2) is 5.61. The van der Waals surface area contributed by atoms with Crippen LogP contribution in [0.3, 0.4) is 0 Å². The van der Waals surface area contributed by atoms with E-state index in [1.165, 1.54) is 20.6 Å². The van der Waals surface area contributed by atoms with Gasteiger partial charge in [0.1, 0.15) is 0 Å². The van der Waals surface area contributed by atoms with Crippen molar-refractivity contribution in [3.05, 3.63) is 44.9 Å². The smallest absolute Gasteiger partial charge is 0.180 e. The Hall–Kier alpha value is -0.910. The van der Waals surface area contributed by atoms with Gasteiger partial charge in [-0.15, -0.1) is 11.3 Å². The number of fused-ring (bicyclic) bond motifs is 1. The molecule has 1 aromatic heterocycles. The summed E-state index contributed by atoms with van der Waals surface area (Å²) in [6, 6.07) is 8.43. The second-order valence-electron chi connectivity index (χ2n) is 4.79. The van der Waals surface area contributed by atoms with E-state index in [1.54, 1.807) is 11.3 Å². The zero-order chi connectivity index (χ0) is 13.2. The molecule has 3 nitrogen and oxygen atoms in total. The lowest BCUT2D eigenvalue weighted by Crippen LogP contribution is -2.26. The number of hydrogen-bond donors (Lipinski definition) is 1. The molecular weight excluding hydrogens is 322 g/mol. The van der Waals surface area contributed by atoms with Gasteiger partial charge in [-0.25, -0.2) is 4.98 Å². The van der Waals surface area contributed by atoms with Crippen LogP contribution in [0.25, 0.3) is 0 Å². The molecule has 0 atom stereocenters. The molecule has 0 aliphatic carbocycles. The van der Waals surface area contributed by atoms with E-state index < -0.39 is 0 Å². The quantitative estimate of drug-likeness (QED) is 0.915. The monoisotopic (exact) mass is 337 g/mol. The first-order valence-electron chi connectivity index (χ1n) is 6.42. The topological polar surface area (TPSA) is 42.1 Å². The van der Waals surface area contributed by atoms with Crippen molar-refractivity contribution in [2.24, 2.45) is 0 Å².